The Morgan fingerprint density at radius 1 is 1.12 bits per heavy atom. The number of benzene rings is 1. The predicted octanol–water partition coefficient (Wildman–Crippen LogP) is 1.29. The lowest BCUT2D eigenvalue weighted by Gasteiger charge is -2.21. The van der Waals surface area contributed by atoms with Crippen LogP contribution in [0.1, 0.15) is 27.2 Å². The van der Waals surface area contributed by atoms with E-state index in [2.05, 4.69) is 15.4 Å². The van der Waals surface area contributed by atoms with Gasteiger partial charge in [0, 0.05) is 11.6 Å². The fourth-order valence-electron chi connectivity index (χ4n) is 1.95. The van der Waals surface area contributed by atoms with Crippen LogP contribution in [0, 0.1) is 5.92 Å². The molecule has 7 nitrogen and oxygen atoms in total. The summed E-state index contributed by atoms with van der Waals surface area (Å²) in [5.74, 6) is -1.18. The van der Waals surface area contributed by atoms with Gasteiger partial charge in [-0.05, 0) is 36.6 Å². The Hall–Kier alpha value is -1.64. The highest BCUT2D eigenvalue weighted by Crippen LogP contribution is 2.15. The number of sulfonamides is 1. The van der Waals surface area contributed by atoms with Gasteiger partial charge >= 0.3 is 0 Å². The molecule has 0 heterocycles. The summed E-state index contributed by atoms with van der Waals surface area (Å²) in [6, 6.07) is 4.63. The van der Waals surface area contributed by atoms with Crippen molar-refractivity contribution in [2.24, 2.45) is 5.92 Å². The van der Waals surface area contributed by atoms with Crippen LogP contribution in [0.2, 0.25) is 5.02 Å². The van der Waals surface area contributed by atoms with Crippen molar-refractivity contribution >= 4 is 33.4 Å². The largest absolute Gasteiger partial charge is 0.355 e. The molecule has 0 aromatic heterocycles. The van der Waals surface area contributed by atoms with Crippen LogP contribution in [0.15, 0.2) is 29.2 Å². The van der Waals surface area contributed by atoms with E-state index in [0.29, 0.717) is 11.6 Å². The van der Waals surface area contributed by atoms with E-state index in [1.807, 2.05) is 6.92 Å². The quantitative estimate of drug-likeness (QED) is 0.591. The highest BCUT2D eigenvalue weighted by Gasteiger charge is 2.28. The van der Waals surface area contributed by atoms with Crippen LogP contribution in [-0.2, 0) is 19.6 Å². The molecular formula is C16H24ClN3O4S. The monoisotopic (exact) mass is 389 g/mol. The predicted molar refractivity (Wildman–Crippen MR) is 96.7 cm³/mol. The highest BCUT2D eigenvalue weighted by atomic mass is 35.5. The maximum Gasteiger partial charge on any atom is 0.241 e. The Morgan fingerprint density at radius 2 is 1.72 bits per heavy atom. The summed E-state index contributed by atoms with van der Waals surface area (Å²) in [5.41, 5.74) is 0. The van der Waals surface area contributed by atoms with E-state index < -0.39 is 22.0 Å². The highest BCUT2D eigenvalue weighted by molar-refractivity contribution is 7.89. The van der Waals surface area contributed by atoms with Crippen LogP contribution in [0.5, 0.6) is 0 Å². The molecule has 1 aromatic carbocycles. The summed E-state index contributed by atoms with van der Waals surface area (Å²) in [6.07, 6.45) is 0.787. The van der Waals surface area contributed by atoms with Crippen molar-refractivity contribution in [3.05, 3.63) is 29.3 Å². The third-order valence-corrected chi connectivity index (χ3v) is 5.06. The standard InChI is InChI=1S/C16H24ClN3O4S/c1-4-9-18-14(21)10-19-16(22)15(11(2)3)20-25(23,24)13-7-5-12(17)6-8-13/h5-8,11,15,20H,4,9-10H2,1-3H3,(H,18,21)(H,19,22)/t15-/m1/s1. The molecule has 0 bridgehead atoms. The van der Waals surface area contributed by atoms with Gasteiger partial charge in [-0.25, -0.2) is 8.42 Å². The number of hydrogen-bond donors (Lipinski definition) is 3. The number of amides is 2. The number of carbonyl (C=O) groups excluding carboxylic acids is 2. The van der Waals surface area contributed by atoms with Gasteiger partial charge in [-0.2, -0.15) is 4.72 Å². The molecule has 0 aliphatic heterocycles. The van der Waals surface area contributed by atoms with Crippen LogP contribution in [0.4, 0.5) is 0 Å². The zero-order valence-electron chi connectivity index (χ0n) is 14.5. The molecule has 2 amide bonds. The van der Waals surface area contributed by atoms with Gasteiger partial charge < -0.3 is 10.6 Å². The maximum absolute atomic E-state index is 12.4. The Morgan fingerprint density at radius 3 is 2.24 bits per heavy atom. The molecule has 0 unspecified atom stereocenters. The molecule has 3 N–H and O–H groups in total. The van der Waals surface area contributed by atoms with Crippen molar-refractivity contribution in [2.75, 3.05) is 13.1 Å². The Balaban J connectivity index is 2.77. The van der Waals surface area contributed by atoms with Crippen molar-refractivity contribution in [1.29, 1.82) is 0 Å². The third kappa shape index (κ3) is 7.01. The number of nitrogens with one attached hydrogen (secondary N) is 3. The van der Waals surface area contributed by atoms with Crippen LogP contribution in [0.25, 0.3) is 0 Å². The van der Waals surface area contributed by atoms with Gasteiger partial charge in [-0.1, -0.05) is 32.4 Å². The van der Waals surface area contributed by atoms with Gasteiger partial charge in [-0.15, -0.1) is 0 Å². The minimum atomic E-state index is -3.89. The zero-order chi connectivity index (χ0) is 19.0. The summed E-state index contributed by atoms with van der Waals surface area (Å²) in [4.78, 5) is 23.9. The Bertz CT molecular complexity index is 690. The fraction of sp³-hybridized carbons (Fsp3) is 0.500. The molecule has 0 radical (unpaired) electrons. The second kappa shape index (κ2) is 9.74. The minimum Gasteiger partial charge on any atom is -0.355 e. The van der Waals surface area contributed by atoms with Crippen LogP contribution in [0.3, 0.4) is 0 Å². The first kappa shape index (κ1) is 21.4. The normalized spacial score (nSPS) is 12.7. The van der Waals surface area contributed by atoms with Crippen molar-refractivity contribution in [2.45, 2.75) is 38.1 Å². The first-order chi connectivity index (χ1) is 11.7. The summed E-state index contributed by atoms with van der Waals surface area (Å²) < 4.78 is 27.2. The van der Waals surface area contributed by atoms with Crippen molar-refractivity contribution in [3.8, 4) is 0 Å². The van der Waals surface area contributed by atoms with Gasteiger partial charge in [0.1, 0.15) is 6.04 Å². The van der Waals surface area contributed by atoms with Gasteiger partial charge in [0.15, 0.2) is 0 Å². The number of carbonyl (C=O) groups is 2. The molecule has 0 aliphatic carbocycles. The zero-order valence-corrected chi connectivity index (χ0v) is 16.1. The molecule has 1 aromatic rings. The molecule has 0 aliphatic rings. The van der Waals surface area contributed by atoms with E-state index in [1.165, 1.54) is 24.3 Å². The van der Waals surface area contributed by atoms with E-state index in [4.69, 9.17) is 11.6 Å². The van der Waals surface area contributed by atoms with Crippen LogP contribution >= 0.6 is 11.6 Å². The summed E-state index contributed by atoms with van der Waals surface area (Å²) in [5, 5.41) is 5.50. The lowest BCUT2D eigenvalue weighted by atomic mass is 10.1. The molecule has 0 fully saturated rings. The smallest absolute Gasteiger partial charge is 0.241 e. The van der Waals surface area contributed by atoms with E-state index in [0.717, 1.165) is 6.42 Å². The molecule has 25 heavy (non-hydrogen) atoms. The number of hydrogen-bond acceptors (Lipinski definition) is 4. The summed E-state index contributed by atoms with van der Waals surface area (Å²) in [7, 11) is -3.89. The minimum absolute atomic E-state index is 0.0102. The molecule has 1 atom stereocenters. The van der Waals surface area contributed by atoms with E-state index in [1.54, 1.807) is 13.8 Å². The molecule has 0 saturated heterocycles. The van der Waals surface area contributed by atoms with Crippen molar-refractivity contribution in [3.63, 3.8) is 0 Å². The number of rotatable bonds is 9. The second-order valence-corrected chi connectivity index (χ2v) is 8.02. The van der Waals surface area contributed by atoms with E-state index in [9.17, 15) is 18.0 Å². The first-order valence-electron chi connectivity index (χ1n) is 7.99. The van der Waals surface area contributed by atoms with Gasteiger partial charge in [0.25, 0.3) is 0 Å². The summed E-state index contributed by atoms with van der Waals surface area (Å²) >= 11 is 5.76. The molecule has 9 heteroatoms. The van der Waals surface area contributed by atoms with Gasteiger partial charge in [-0.3, -0.25) is 9.59 Å². The number of halogens is 1. The molecule has 1 rings (SSSR count). The molecule has 0 spiro atoms. The average Bonchev–Trinajstić information content (AvgIpc) is 2.55. The van der Waals surface area contributed by atoms with Crippen LogP contribution in [-0.4, -0.2) is 39.4 Å². The maximum atomic E-state index is 12.4. The van der Waals surface area contributed by atoms with Gasteiger partial charge in [0.2, 0.25) is 21.8 Å². The summed E-state index contributed by atoms with van der Waals surface area (Å²) in [6.45, 7) is 5.66. The second-order valence-electron chi connectivity index (χ2n) is 5.86. The molecular weight excluding hydrogens is 366 g/mol. The van der Waals surface area contributed by atoms with Crippen molar-refractivity contribution in [1.82, 2.24) is 15.4 Å². The Kier molecular flexibility index (Phi) is 8.34. The fourth-order valence-corrected chi connectivity index (χ4v) is 3.42. The van der Waals surface area contributed by atoms with Crippen molar-refractivity contribution < 1.29 is 18.0 Å². The topological polar surface area (TPSA) is 104 Å². The SMILES string of the molecule is CCCNC(=O)CNC(=O)[C@H](NS(=O)(=O)c1ccc(Cl)cc1)C(C)C. The van der Waals surface area contributed by atoms with Crippen LogP contribution < -0.4 is 15.4 Å². The third-order valence-electron chi connectivity index (χ3n) is 3.35. The molecule has 0 saturated carbocycles. The molecule has 140 valence electrons. The average molecular weight is 390 g/mol. The lowest BCUT2D eigenvalue weighted by Crippen LogP contribution is -2.51. The Labute approximate surface area is 153 Å². The van der Waals surface area contributed by atoms with E-state index >= 15 is 0 Å². The van der Waals surface area contributed by atoms with Gasteiger partial charge in [0.05, 0.1) is 11.4 Å². The van der Waals surface area contributed by atoms with E-state index in [-0.39, 0.29) is 23.3 Å². The first-order valence-corrected chi connectivity index (χ1v) is 9.85. The lowest BCUT2D eigenvalue weighted by molar-refractivity contribution is -0.127.